The Morgan fingerprint density at radius 1 is 1.29 bits per heavy atom. The van der Waals surface area contributed by atoms with Gasteiger partial charge in [0.2, 0.25) is 0 Å². The molecule has 0 aromatic carbocycles. The van der Waals surface area contributed by atoms with Crippen LogP contribution in [-0.2, 0) is 18.3 Å². The van der Waals surface area contributed by atoms with E-state index in [0.717, 1.165) is 32.8 Å². The summed E-state index contributed by atoms with van der Waals surface area (Å²) in [4.78, 5) is 3.78. The molecule has 0 aliphatic carbocycles. The lowest BCUT2D eigenvalue weighted by Crippen LogP contribution is -2.38. The summed E-state index contributed by atoms with van der Waals surface area (Å²) in [5.41, 5.74) is 2.53. The summed E-state index contributed by atoms with van der Waals surface area (Å²) >= 11 is 1.80. The van der Waals surface area contributed by atoms with E-state index in [1.807, 2.05) is 4.68 Å². The third-order valence-corrected chi connectivity index (χ3v) is 5.61. The number of thiophene rings is 1. The molecular formula is C18H28N4OS. The second-order valence-electron chi connectivity index (χ2n) is 6.68. The van der Waals surface area contributed by atoms with Crippen LogP contribution >= 0.6 is 11.3 Å². The highest BCUT2D eigenvalue weighted by Gasteiger charge is 2.24. The van der Waals surface area contributed by atoms with E-state index >= 15 is 0 Å². The molecule has 5 nitrogen and oxygen atoms in total. The van der Waals surface area contributed by atoms with Crippen LogP contribution in [0.1, 0.15) is 48.9 Å². The fourth-order valence-corrected chi connectivity index (χ4v) is 4.04. The van der Waals surface area contributed by atoms with Gasteiger partial charge in [0, 0.05) is 43.2 Å². The summed E-state index contributed by atoms with van der Waals surface area (Å²) in [6.07, 6.45) is 0. The van der Waals surface area contributed by atoms with Gasteiger partial charge in [0.05, 0.1) is 18.9 Å². The Morgan fingerprint density at radius 3 is 2.67 bits per heavy atom. The zero-order chi connectivity index (χ0) is 17.1. The van der Waals surface area contributed by atoms with E-state index in [2.05, 4.69) is 55.5 Å². The SMILES string of the molecule is CC(C)c1nn(C)c(N2CCOCC2)c1CN[C@@H](C)c1cccs1. The van der Waals surface area contributed by atoms with Gasteiger partial charge in [-0.2, -0.15) is 5.10 Å². The molecule has 0 spiro atoms. The predicted octanol–water partition coefficient (Wildman–Crippen LogP) is 3.29. The maximum atomic E-state index is 5.52. The molecule has 1 aliphatic rings. The summed E-state index contributed by atoms with van der Waals surface area (Å²) in [6, 6.07) is 4.65. The van der Waals surface area contributed by atoms with Crippen LogP contribution in [0.2, 0.25) is 0 Å². The van der Waals surface area contributed by atoms with Crippen molar-refractivity contribution in [1.29, 1.82) is 0 Å². The van der Waals surface area contributed by atoms with Gasteiger partial charge < -0.3 is 15.0 Å². The Kier molecular flexibility index (Phi) is 5.58. The Hall–Kier alpha value is -1.37. The first-order valence-corrected chi connectivity index (χ1v) is 9.61. The lowest BCUT2D eigenvalue weighted by Gasteiger charge is -2.30. The summed E-state index contributed by atoms with van der Waals surface area (Å²) in [5, 5.41) is 10.6. The van der Waals surface area contributed by atoms with Crippen LogP contribution in [0, 0.1) is 0 Å². The van der Waals surface area contributed by atoms with Crippen LogP contribution in [0.4, 0.5) is 5.82 Å². The minimum absolute atomic E-state index is 0.350. The van der Waals surface area contributed by atoms with Crippen LogP contribution in [0.3, 0.4) is 0 Å². The number of aryl methyl sites for hydroxylation is 1. The van der Waals surface area contributed by atoms with Gasteiger partial charge in [0.15, 0.2) is 0 Å². The smallest absolute Gasteiger partial charge is 0.131 e. The molecule has 1 aliphatic heterocycles. The van der Waals surface area contributed by atoms with Gasteiger partial charge in [0.25, 0.3) is 0 Å². The van der Waals surface area contributed by atoms with E-state index in [4.69, 9.17) is 9.84 Å². The van der Waals surface area contributed by atoms with Crippen molar-refractivity contribution in [3.63, 3.8) is 0 Å². The lowest BCUT2D eigenvalue weighted by molar-refractivity contribution is 0.122. The number of hydrogen-bond donors (Lipinski definition) is 1. The second-order valence-corrected chi connectivity index (χ2v) is 7.66. The van der Waals surface area contributed by atoms with Crippen molar-refractivity contribution in [1.82, 2.24) is 15.1 Å². The first-order chi connectivity index (χ1) is 11.6. The number of nitrogens with one attached hydrogen (secondary N) is 1. The summed E-state index contributed by atoms with van der Waals surface area (Å²) in [6.45, 7) is 11.0. The van der Waals surface area contributed by atoms with Gasteiger partial charge in [0.1, 0.15) is 5.82 Å². The number of rotatable bonds is 6. The quantitative estimate of drug-likeness (QED) is 0.870. The molecule has 3 heterocycles. The molecule has 6 heteroatoms. The van der Waals surface area contributed by atoms with Crippen molar-refractivity contribution in [2.75, 3.05) is 31.2 Å². The van der Waals surface area contributed by atoms with E-state index in [-0.39, 0.29) is 0 Å². The minimum atomic E-state index is 0.350. The number of hydrogen-bond acceptors (Lipinski definition) is 5. The van der Waals surface area contributed by atoms with Crippen LogP contribution in [-0.4, -0.2) is 36.1 Å². The minimum Gasteiger partial charge on any atom is -0.378 e. The number of morpholine rings is 1. The Bertz CT molecular complexity index is 644. The first kappa shape index (κ1) is 17.5. The van der Waals surface area contributed by atoms with Crippen molar-refractivity contribution in [2.24, 2.45) is 7.05 Å². The number of nitrogens with zero attached hydrogens (tertiary/aromatic N) is 3. The highest BCUT2D eigenvalue weighted by molar-refractivity contribution is 7.10. The van der Waals surface area contributed by atoms with E-state index < -0.39 is 0 Å². The molecule has 0 radical (unpaired) electrons. The molecule has 2 aromatic rings. The molecule has 3 rings (SSSR count). The standard InChI is InChI=1S/C18H28N4OS/c1-13(2)17-15(12-19-14(3)16-6-5-11-24-16)18(21(4)20-17)22-7-9-23-10-8-22/h5-6,11,13-14,19H,7-10,12H2,1-4H3/t14-/m0/s1. The molecule has 0 unspecified atom stereocenters. The van der Waals surface area contributed by atoms with Gasteiger partial charge in [-0.25, -0.2) is 0 Å². The molecule has 1 fully saturated rings. The normalized spacial score (nSPS) is 16.8. The third-order valence-electron chi connectivity index (χ3n) is 4.56. The average molecular weight is 349 g/mol. The van der Waals surface area contributed by atoms with Crippen LogP contribution < -0.4 is 10.2 Å². The Balaban J connectivity index is 1.83. The molecule has 132 valence electrons. The van der Waals surface area contributed by atoms with Crippen molar-refractivity contribution in [3.8, 4) is 0 Å². The largest absolute Gasteiger partial charge is 0.378 e. The highest BCUT2D eigenvalue weighted by Crippen LogP contribution is 2.30. The zero-order valence-corrected chi connectivity index (χ0v) is 15.9. The first-order valence-electron chi connectivity index (χ1n) is 8.73. The number of ether oxygens (including phenoxy) is 1. The fourth-order valence-electron chi connectivity index (χ4n) is 3.28. The molecule has 24 heavy (non-hydrogen) atoms. The van der Waals surface area contributed by atoms with Gasteiger partial charge in [-0.15, -0.1) is 11.3 Å². The second kappa shape index (κ2) is 7.68. The van der Waals surface area contributed by atoms with Gasteiger partial charge in [-0.05, 0) is 24.3 Å². The van der Waals surface area contributed by atoms with Gasteiger partial charge in [-0.1, -0.05) is 19.9 Å². The predicted molar refractivity (Wildman–Crippen MR) is 99.9 cm³/mol. The molecule has 1 saturated heterocycles. The number of anilines is 1. The maximum Gasteiger partial charge on any atom is 0.131 e. The van der Waals surface area contributed by atoms with E-state index in [0.29, 0.717) is 12.0 Å². The van der Waals surface area contributed by atoms with Crippen molar-refractivity contribution < 1.29 is 4.74 Å². The van der Waals surface area contributed by atoms with Crippen LogP contribution in [0.25, 0.3) is 0 Å². The van der Waals surface area contributed by atoms with Crippen LogP contribution in [0.15, 0.2) is 17.5 Å². The Labute approximate surface area is 148 Å². The fraction of sp³-hybridized carbons (Fsp3) is 0.611. The Morgan fingerprint density at radius 2 is 2.04 bits per heavy atom. The highest BCUT2D eigenvalue weighted by atomic mass is 32.1. The van der Waals surface area contributed by atoms with Crippen molar-refractivity contribution in [2.45, 2.75) is 39.3 Å². The van der Waals surface area contributed by atoms with Crippen LogP contribution in [0.5, 0.6) is 0 Å². The van der Waals surface area contributed by atoms with Crippen molar-refractivity contribution >= 4 is 17.2 Å². The molecule has 0 amide bonds. The molecule has 0 bridgehead atoms. The number of aromatic nitrogens is 2. The van der Waals surface area contributed by atoms with Gasteiger partial charge >= 0.3 is 0 Å². The lowest BCUT2D eigenvalue weighted by atomic mass is 10.0. The maximum absolute atomic E-state index is 5.52. The van der Waals surface area contributed by atoms with Gasteiger partial charge in [-0.3, -0.25) is 4.68 Å². The summed E-state index contributed by atoms with van der Waals surface area (Å²) in [5.74, 6) is 1.66. The van der Waals surface area contributed by atoms with E-state index in [9.17, 15) is 0 Å². The molecule has 1 N–H and O–H groups in total. The van der Waals surface area contributed by atoms with Crippen molar-refractivity contribution in [3.05, 3.63) is 33.6 Å². The summed E-state index contributed by atoms with van der Waals surface area (Å²) in [7, 11) is 2.06. The third kappa shape index (κ3) is 3.66. The molecule has 0 saturated carbocycles. The molecule has 2 aromatic heterocycles. The zero-order valence-electron chi connectivity index (χ0n) is 15.1. The summed E-state index contributed by atoms with van der Waals surface area (Å²) < 4.78 is 7.57. The van der Waals surface area contributed by atoms with E-state index in [1.54, 1.807) is 11.3 Å². The molecular weight excluding hydrogens is 320 g/mol. The topological polar surface area (TPSA) is 42.3 Å². The average Bonchev–Trinajstić information content (AvgIpc) is 3.21. The monoisotopic (exact) mass is 348 g/mol. The van der Waals surface area contributed by atoms with E-state index in [1.165, 1.54) is 22.0 Å². The molecule has 1 atom stereocenters.